The van der Waals surface area contributed by atoms with Crippen LogP contribution in [0.25, 0.3) is 0 Å². The normalized spacial score (nSPS) is 26.6. The highest BCUT2D eigenvalue weighted by molar-refractivity contribution is 5.76. The van der Waals surface area contributed by atoms with Crippen molar-refractivity contribution in [2.45, 2.75) is 25.7 Å². The molecular formula is C12H22N2O2. The van der Waals surface area contributed by atoms with Crippen LogP contribution in [-0.4, -0.2) is 60.1 Å². The molecule has 0 aromatic rings. The lowest BCUT2D eigenvalue weighted by Gasteiger charge is -2.19. The van der Waals surface area contributed by atoms with Gasteiger partial charge in [0.2, 0.25) is 5.91 Å². The van der Waals surface area contributed by atoms with Crippen LogP contribution in [-0.2, 0) is 4.79 Å². The van der Waals surface area contributed by atoms with E-state index in [2.05, 4.69) is 4.90 Å². The minimum atomic E-state index is 0.288. The van der Waals surface area contributed by atoms with E-state index in [1.165, 1.54) is 12.8 Å². The number of aliphatic hydroxyl groups excluding tert-OH is 1. The molecule has 92 valence electrons. The van der Waals surface area contributed by atoms with Gasteiger partial charge in [0.1, 0.15) is 0 Å². The molecule has 4 nitrogen and oxygen atoms in total. The van der Waals surface area contributed by atoms with Crippen molar-refractivity contribution in [1.29, 1.82) is 0 Å². The van der Waals surface area contributed by atoms with Crippen LogP contribution in [0.1, 0.15) is 25.7 Å². The van der Waals surface area contributed by atoms with E-state index in [0.29, 0.717) is 18.2 Å². The molecule has 2 saturated heterocycles. The molecule has 4 heteroatoms. The van der Waals surface area contributed by atoms with E-state index in [-0.39, 0.29) is 6.61 Å². The molecule has 0 spiro atoms. The second-order valence-corrected chi connectivity index (χ2v) is 4.98. The highest BCUT2D eigenvalue weighted by atomic mass is 16.3. The zero-order valence-electron chi connectivity index (χ0n) is 9.90. The van der Waals surface area contributed by atoms with E-state index in [9.17, 15) is 4.79 Å². The minimum Gasteiger partial charge on any atom is -0.396 e. The van der Waals surface area contributed by atoms with Crippen molar-refractivity contribution in [2.24, 2.45) is 5.92 Å². The molecule has 16 heavy (non-hydrogen) atoms. The summed E-state index contributed by atoms with van der Waals surface area (Å²) in [6, 6.07) is 0. The summed E-state index contributed by atoms with van der Waals surface area (Å²) >= 11 is 0. The fourth-order valence-electron chi connectivity index (χ4n) is 2.64. The van der Waals surface area contributed by atoms with Crippen LogP contribution in [0.3, 0.4) is 0 Å². The molecular weight excluding hydrogens is 204 g/mol. The predicted octanol–water partition coefficient (Wildman–Crippen LogP) is 0.313. The van der Waals surface area contributed by atoms with Crippen LogP contribution >= 0.6 is 0 Å². The molecule has 1 atom stereocenters. The Morgan fingerprint density at radius 2 is 2.00 bits per heavy atom. The van der Waals surface area contributed by atoms with Crippen LogP contribution in [0.4, 0.5) is 0 Å². The number of aliphatic hydroxyl groups is 1. The van der Waals surface area contributed by atoms with E-state index < -0.39 is 0 Å². The fraction of sp³-hybridized carbons (Fsp3) is 0.917. The number of carbonyl (C=O) groups is 1. The highest BCUT2D eigenvalue weighted by Crippen LogP contribution is 2.16. The molecule has 1 amide bonds. The average Bonchev–Trinajstić information content (AvgIpc) is 2.96. The Morgan fingerprint density at radius 1 is 1.25 bits per heavy atom. The maximum Gasteiger partial charge on any atom is 0.223 e. The van der Waals surface area contributed by atoms with Gasteiger partial charge in [0, 0.05) is 39.2 Å². The standard InChI is InChI=1S/C12H22N2O2/c15-10-11-3-7-13(9-11)8-4-12(16)14-5-1-2-6-14/h11,15H,1-10H2. The molecule has 2 aliphatic rings. The molecule has 1 unspecified atom stereocenters. The van der Waals surface area contributed by atoms with Crippen LogP contribution in [0.2, 0.25) is 0 Å². The lowest BCUT2D eigenvalue weighted by Crippen LogP contribution is -2.32. The molecule has 0 saturated carbocycles. The minimum absolute atomic E-state index is 0.288. The molecule has 2 rings (SSSR count). The van der Waals surface area contributed by atoms with Gasteiger partial charge in [0.25, 0.3) is 0 Å². The van der Waals surface area contributed by atoms with Crippen molar-refractivity contribution >= 4 is 5.91 Å². The van der Waals surface area contributed by atoms with Crippen molar-refractivity contribution in [3.63, 3.8) is 0 Å². The molecule has 0 aromatic carbocycles. The second kappa shape index (κ2) is 5.64. The van der Waals surface area contributed by atoms with Gasteiger partial charge < -0.3 is 14.9 Å². The molecule has 2 heterocycles. The van der Waals surface area contributed by atoms with Crippen LogP contribution in [0.5, 0.6) is 0 Å². The summed E-state index contributed by atoms with van der Waals surface area (Å²) in [4.78, 5) is 16.1. The van der Waals surface area contributed by atoms with Crippen molar-refractivity contribution in [3.8, 4) is 0 Å². The lowest BCUT2D eigenvalue weighted by molar-refractivity contribution is -0.130. The molecule has 2 fully saturated rings. The highest BCUT2D eigenvalue weighted by Gasteiger charge is 2.23. The molecule has 0 aromatic heterocycles. The zero-order valence-corrected chi connectivity index (χ0v) is 9.90. The Balaban J connectivity index is 1.65. The summed E-state index contributed by atoms with van der Waals surface area (Å²) in [5.41, 5.74) is 0. The molecule has 0 aliphatic carbocycles. The van der Waals surface area contributed by atoms with Crippen LogP contribution in [0, 0.1) is 5.92 Å². The van der Waals surface area contributed by atoms with E-state index in [4.69, 9.17) is 5.11 Å². The molecule has 2 aliphatic heterocycles. The van der Waals surface area contributed by atoms with Crippen molar-refractivity contribution in [3.05, 3.63) is 0 Å². The number of hydrogen-bond donors (Lipinski definition) is 1. The summed E-state index contributed by atoms with van der Waals surface area (Å²) in [7, 11) is 0. The van der Waals surface area contributed by atoms with Gasteiger partial charge >= 0.3 is 0 Å². The first-order valence-electron chi connectivity index (χ1n) is 6.40. The largest absolute Gasteiger partial charge is 0.396 e. The Hall–Kier alpha value is -0.610. The SMILES string of the molecule is O=C(CCN1CCC(CO)C1)N1CCCC1. The third-order valence-electron chi connectivity index (χ3n) is 3.73. The Bertz CT molecular complexity index is 239. The smallest absolute Gasteiger partial charge is 0.223 e. The average molecular weight is 226 g/mol. The van der Waals surface area contributed by atoms with E-state index in [1.807, 2.05) is 4.90 Å². The van der Waals surface area contributed by atoms with E-state index >= 15 is 0 Å². The van der Waals surface area contributed by atoms with Crippen LogP contribution in [0.15, 0.2) is 0 Å². The summed E-state index contributed by atoms with van der Waals surface area (Å²) in [6.45, 7) is 5.07. The number of nitrogens with zero attached hydrogens (tertiary/aromatic N) is 2. The monoisotopic (exact) mass is 226 g/mol. The van der Waals surface area contributed by atoms with Crippen molar-refractivity contribution in [2.75, 3.05) is 39.3 Å². The fourth-order valence-corrected chi connectivity index (χ4v) is 2.64. The van der Waals surface area contributed by atoms with Gasteiger partial charge in [0.15, 0.2) is 0 Å². The lowest BCUT2D eigenvalue weighted by atomic mass is 10.1. The van der Waals surface area contributed by atoms with Crippen LogP contribution < -0.4 is 0 Å². The van der Waals surface area contributed by atoms with E-state index in [0.717, 1.165) is 39.1 Å². The number of rotatable bonds is 4. The third-order valence-corrected chi connectivity index (χ3v) is 3.73. The van der Waals surface area contributed by atoms with E-state index in [1.54, 1.807) is 0 Å². The second-order valence-electron chi connectivity index (χ2n) is 4.98. The zero-order chi connectivity index (χ0) is 11.4. The summed E-state index contributed by atoms with van der Waals surface area (Å²) in [5.74, 6) is 0.742. The van der Waals surface area contributed by atoms with Gasteiger partial charge in [0.05, 0.1) is 0 Å². The predicted molar refractivity (Wildman–Crippen MR) is 62.1 cm³/mol. The Kier molecular flexibility index (Phi) is 4.18. The third kappa shape index (κ3) is 2.95. The maximum atomic E-state index is 11.8. The quantitative estimate of drug-likeness (QED) is 0.750. The molecule has 0 radical (unpaired) electrons. The summed E-state index contributed by atoms with van der Waals surface area (Å²) in [5, 5.41) is 9.03. The van der Waals surface area contributed by atoms with Gasteiger partial charge in [-0.15, -0.1) is 0 Å². The first-order chi connectivity index (χ1) is 7.79. The Labute approximate surface area is 97.2 Å². The topological polar surface area (TPSA) is 43.8 Å². The number of hydrogen-bond acceptors (Lipinski definition) is 3. The van der Waals surface area contributed by atoms with Gasteiger partial charge in [-0.05, 0) is 31.7 Å². The maximum absolute atomic E-state index is 11.8. The van der Waals surface area contributed by atoms with Gasteiger partial charge in [-0.25, -0.2) is 0 Å². The number of carbonyl (C=O) groups excluding carboxylic acids is 1. The Morgan fingerprint density at radius 3 is 2.62 bits per heavy atom. The summed E-state index contributed by atoms with van der Waals surface area (Å²) in [6.07, 6.45) is 4.07. The molecule has 1 N–H and O–H groups in total. The first kappa shape index (κ1) is 11.9. The van der Waals surface area contributed by atoms with Gasteiger partial charge in [-0.3, -0.25) is 4.79 Å². The number of amides is 1. The van der Waals surface area contributed by atoms with Gasteiger partial charge in [-0.2, -0.15) is 0 Å². The summed E-state index contributed by atoms with van der Waals surface area (Å²) < 4.78 is 0. The van der Waals surface area contributed by atoms with Gasteiger partial charge in [-0.1, -0.05) is 0 Å². The van der Waals surface area contributed by atoms with Crippen molar-refractivity contribution in [1.82, 2.24) is 9.80 Å². The first-order valence-corrected chi connectivity index (χ1v) is 6.40. The number of likely N-dealkylation sites (tertiary alicyclic amines) is 2. The van der Waals surface area contributed by atoms with Crippen molar-refractivity contribution < 1.29 is 9.90 Å². The molecule has 0 bridgehead atoms.